The molecule has 23 heavy (non-hydrogen) atoms. The number of hydrogen-bond donors (Lipinski definition) is 2. The highest BCUT2D eigenvalue weighted by molar-refractivity contribution is 5.72. The number of nitrogens with one attached hydrogen (secondary N) is 1. The first-order chi connectivity index (χ1) is 11.2. The molecule has 1 aliphatic rings. The van der Waals surface area contributed by atoms with Gasteiger partial charge in [0.25, 0.3) is 0 Å². The molecule has 0 spiro atoms. The topological polar surface area (TPSA) is 65.8 Å². The van der Waals surface area contributed by atoms with Crippen molar-refractivity contribution in [3.63, 3.8) is 0 Å². The fourth-order valence-electron chi connectivity index (χ4n) is 2.84. The second-order valence-corrected chi connectivity index (χ2v) is 5.99. The van der Waals surface area contributed by atoms with Gasteiger partial charge in [-0.05, 0) is 50.4 Å². The van der Waals surface area contributed by atoms with Crippen LogP contribution >= 0.6 is 0 Å². The van der Waals surface area contributed by atoms with Crippen molar-refractivity contribution in [2.24, 2.45) is 0 Å². The smallest absolute Gasteiger partial charge is 0.180 e. The Bertz CT molecular complexity index is 493. The maximum absolute atomic E-state index is 9.74. The molecule has 0 amide bonds. The van der Waals surface area contributed by atoms with E-state index in [0.29, 0.717) is 25.5 Å². The molecule has 1 atom stereocenters. The van der Waals surface area contributed by atoms with Gasteiger partial charge in [-0.25, -0.2) is 0 Å². The lowest BCUT2D eigenvalue weighted by molar-refractivity contribution is 0.0668. The molecule has 1 heterocycles. The second-order valence-electron chi connectivity index (χ2n) is 5.99. The van der Waals surface area contributed by atoms with Gasteiger partial charge in [0.2, 0.25) is 0 Å². The number of rotatable bonds is 8. The summed E-state index contributed by atoms with van der Waals surface area (Å²) >= 11 is 0. The molecular weight excluding hydrogens is 292 g/mol. The van der Waals surface area contributed by atoms with Gasteiger partial charge in [-0.2, -0.15) is 0 Å². The average molecular weight is 320 g/mol. The first kappa shape index (κ1) is 17.8. The van der Waals surface area contributed by atoms with E-state index < -0.39 is 0 Å². The van der Waals surface area contributed by atoms with Gasteiger partial charge in [0.15, 0.2) is 5.90 Å². The van der Waals surface area contributed by atoms with E-state index in [9.17, 15) is 5.11 Å². The Kier molecular flexibility index (Phi) is 7.36. The van der Waals surface area contributed by atoms with Crippen LogP contribution in [0.15, 0.2) is 24.3 Å². The summed E-state index contributed by atoms with van der Waals surface area (Å²) in [6, 6.07) is 8.13. The van der Waals surface area contributed by atoms with Crippen molar-refractivity contribution in [2.45, 2.75) is 45.3 Å². The molecule has 0 bridgehead atoms. The summed E-state index contributed by atoms with van der Waals surface area (Å²) in [6.45, 7) is 5.67. The number of β-amino-alcohol motifs (C(OH)–C–C–N with tert-alkyl or cyclic N) is 1. The van der Waals surface area contributed by atoms with Crippen molar-refractivity contribution in [2.75, 3.05) is 26.3 Å². The fourth-order valence-corrected chi connectivity index (χ4v) is 2.84. The van der Waals surface area contributed by atoms with Crippen molar-refractivity contribution in [3.8, 4) is 5.75 Å². The lowest BCUT2D eigenvalue weighted by Gasteiger charge is -2.30. The van der Waals surface area contributed by atoms with E-state index in [4.69, 9.17) is 14.9 Å². The average Bonchev–Trinajstić information content (AvgIpc) is 2.52. The zero-order valence-corrected chi connectivity index (χ0v) is 14.0. The molecule has 0 radical (unpaired) electrons. The van der Waals surface area contributed by atoms with Crippen molar-refractivity contribution >= 4 is 5.90 Å². The molecule has 0 aliphatic carbocycles. The van der Waals surface area contributed by atoms with Gasteiger partial charge >= 0.3 is 0 Å². The molecule has 1 unspecified atom stereocenters. The van der Waals surface area contributed by atoms with Crippen LogP contribution in [-0.4, -0.2) is 48.3 Å². The van der Waals surface area contributed by atoms with Gasteiger partial charge in [0, 0.05) is 19.5 Å². The van der Waals surface area contributed by atoms with Crippen LogP contribution in [0.25, 0.3) is 0 Å². The number of hydrogen-bond acceptors (Lipinski definition) is 5. The first-order valence-electron chi connectivity index (χ1n) is 8.49. The summed E-state index contributed by atoms with van der Waals surface area (Å²) in [5.74, 6) is 1.19. The van der Waals surface area contributed by atoms with E-state index in [1.807, 2.05) is 19.1 Å². The highest BCUT2D eigenvalue weighted by Crippen LogP contribution is 2.18. The quantitative estimate of drug-likeness (QED) is 0.439. The highest BCUT2D eigenvalue weighted by Gasteiger charge is 2.17. The van der Waals surface area contributed by atoms with Crippen LogP contribution in [-0.2, 0) is 11.3 Å². The molecule has 1 fully saturated rings. The van der Waals surface area contributed by atoms with Gasteiger partial charge in [-0.3, -0.25) is 10.3 Å². The van der Waals surface area contributed by atoms with Crippen LogP contribution in [0.2, 0.25) is 0 Å². The van der Waals surface area contributed by atoms with Crippen LogP contribution in [0.5, 0.6) is 5.75 Å². The van der Waals surface area contributed by atoms with Crippen LogP contribution in [0.4, 0.5) is 0 Å². The van der Waals surface area contributed by atoms with Gasteiger partial charge in [0.1, 0.15) is 5.75 Å². The maximum Gasteiger partial charge on any atom is 0.180 e. The molecule has 0 aromatic heterocycles. The predicted molar refractivity (Wildman–Crippen MR) is 91.0 cm³/mol. The summed E-state index contributed by atoms with van der Waals surface area (Å²) in [7, 11) is 0. The monoisotopic (exact) mass is 320 g/mol. The number of piperidine rings is 1. The Hall–Kier alpha value is -1.59. The molecule has 1 aliphatic heterocycles. The van der Waals surface area contributed by atoms with E-state index in [2.05, 4.69) is 17.0 Å². The minimum absolute atomic E-state index is 0.191. The third-order valence-electron chi connectivity index (χ3n) is 3.92. The minimum Gasteiger partial charge on any atom is -0.494 e. The molecular formula is C18H28N2O3. The molecule has 5 nitrogen and oxygen atoms in total. The molecule has 1 aromatic rings. The molecule has 0 saturated carbocycles. The van der Waals surface area contributed by atoms with Crippen molar-refractivity contribution in [1.82, 2.24) is 4.90 Å². The SMILES string of the molecule is CCOC(=N)CCCOc1cccc(CN2CCCC(O)C2)c1. The third-order valence-corrected chi connectivity index (χ3v) is 3.92. The van der Waals surface area contributed by atoms with Gasteiger partial charge < -0.3 is 14.6 Å². The normalized spacial score (nSPS) is 18.6. The summed E-state index contributed by atoms with van der Waals surface area (Å²) in [5, 5.41) is 17.3. The number of aliphatic hydroxyl groups excluding tert-OH is 1. The molecule has 2 rings (SSSR count). The van der Waals surface area contributed by atoms with E-state index >= 15 is 0 Å². The maximum atomic E-state index is 9.74. The Morgan fingerprint density at radius 1 is 1.43 bits per heavy atom. The summed E-state index contributed by atoms with van der Waals surface area (Å²) in [6.07, 6.45) is 3.17. The molecule has 2 N–H and O–H groups in total. The lowest BCUT2D eigenvalue weighted by Crippen LogP contribution is -2.37. The van der Waals surface area contributed by atoms with Crippen LogP contribution in [0, 0.1) is 5.41 Å². The largest absolute Gasteiger partial charge is 0.494 e. The Balaban J connectivity index is 1.74. The van der Waals surface area contributed by atoms with E-state index in [1.54, 1.807) is 0 Å². The summed E-state index contributed by atoms with van der Waals surface area (Å²) < 4.78 is 10.9. The van der Waals surface area contributed by atoms with E-state index in [0.717, 1.165) is 44.6 Å². The summed E-state index contributed by atoms with van der Waals surface area (Å²) in [4.78, 5) is 2.29. The fraction of sp³-hybridized carbons (Fsp3) is 0.611. The van der Waals surface area contributed by atoms with Gasteiger partial charge in [0.05, 0.1) is 19.3 Å². The number of aliphatic hydroxyl groups is 1. The Morgan fingerprint density at radius 2 is 2.30 bits per heavy atom. The number of nitrogens with zero attached hydrogens (tertiary/aromatic N) is 1. The number of ether oxygens (including phenoxy) is 2. The molecule has 1 saturated heterocycles. The summed E-state index contributed by atoms with van der Waals surface area (Å²) in [5.41, 5.74) is 1.21. The van der Waals surface area contributed by atoms with Crippen molar-refractivity contribution in [3.05, 3.63) is 29.8 Å². The molecule has 1 aromatic carbocycles. The van der Waals surface area contributed by atoms with Crippen molar-refractivity contribution in [1.29, 1.82) is 5.41 Å². The van der Waals surface area contributed by atoms with Crippen LogP contribution < -0.4 is 4.74 Å². The van der Waals surface area contributed by atoms with Crippen LogP contribution in [0.1, 0.15) is 38.2 Å². The zero-order chi connectivity index (χ0) is 16.5. The standard InChI is InChI=1S/C18H28N2O3/c1-2-22-18(19)9-5-11-23-17-8-3-6-15(12-17)13-20-10-4-7-16(21)14-20/h3,6,8,12,16,19,21H,2,4-5,7,9-11,13-14H2,1H3. The minimum atomic E-state index is -0.191. The Labute approximate surface area is 138 Å². The van der Waals surface area contributed by atoms with Crippen molar-refractivity contribution < 1.29 is 14.6 Å². The van der Waals surface area contributed by atoms with Gasteiger partial charge in [-0.15, -0.1) is 0 Å². The predicted octanol–water partition coefficient (Wildman–Crippen LogP) is 2.82. The second kappa shape index (κ2) is 9.53. The first-order valence-corrected chi connectivity index (χ1v) is 8.49. The zero-order valence-electron chi connectivity index (χ0n) is 14.0. The van der Waals surface area contributed by atoms with E-state index in [1.165, 1.54) is 5.56 Å². The lowest BCUT2D eigenvalue weighted by atomic mass is 10.1. The number of likely N-dealkylation sites (tertiary alicyclic amines) is 1. The Morgan fingerprint density at radius 3 is 3.09 bits per heavy atom. The molecule has 5 heteroatoms. The van der Waals surface area contributed by atoms with Crippen LogP contribution in [0.3, 0.4) is 0 Å². The third kappa shape index (κ3) is 6.59. The van der Waals surface area contributed by atoms with Gasteiger partial charge in [-0.1, -0.05) is 12.1 Å². The highest BCUT2D eigenvalue weighted by atomic mass is 16.5. The molecule has 128 valence electrons. The van der Waals surface area contributed by atoms with E-state index in [-0.39, 0.29) is 6.10 Å². The number of benzene rings is 1.